The highest BCUT2D eigenvalue weighted by atomic mass is 19.1. The smallest absolute Gasteiger partial charge is 0.270 e. The van der Waals surface area contributed by atoms with Crippen LogP contribution in [0.15, 0.2) is 35.5 Å². The molecule has 0 aliphatic rings. The van der Waals surface area contributed by atoms with Crippen molar-refractivity contribution in [2.45, 2.75) is 13.5 Å². The number of oxime groups is 1. The van der Waals surface area contributed by atoms with Crippen molar-refractivity contribution in [2.75, 3.05) is 0 Å². The highest BCUT2D eigenvalue weighted by molar-refractivity contribution is 5.93. The van der Waals surface area contributed by atoms with Crippen molar-refractivity contribution in [2.24, 2.45) is 5.16 Å². The Labute approximate surface area is 120 Å². The van der Waals surface area contributed by atoms with Crippen LogP contribution in [0.5, 0.6) is 0 Å². The van der Waals surface area contributed by atoms with E-state index in [1.165, 1.54) is 18.2 Å². The Morgan fingerprint density at radius 1 is 1.38 bits per heavy atom. The molecular formula is C14H13FN4O2. The Morgan fingerprint density at radius 2 is 2.10 bits per heavy atom. The van der Waals surface area contributed by atoms with Gasteiger partial charge in [-0.2, -0.15) is 0 Å². The second kappa shape index (κ2) is 6.56. The molecule has 0 aliphatic carbocycles. The third-order valence-corrected chi connectivity index (χ3v) is 2.65. The zero-order valence-corrected chi connectivity index (χ0v) is 11.2. The maximum absolute atomic E-state index is 12.8. The number of nitrogens with zero attached hydrogens (tertiary/aromatic N) is 3. The summed E-state index contributed by atoms with van der Waals surface area (Å²) in [5, 5.41) is 14.0. The lowest BCUT2D eigenvalue weighted by Gasteiger charge is -2.06. The number of benzene rings is 1. The molecule has 1 amide bonds. The highest BCUT2D eigenvalue weighted by Gasteiger charge is 2.09. The van der Waals surface area contributed by atoms with Crippen molar-refractivity contribution in [1.29, 1.82) is 0 Å². The van der Waals surface area contributed by atoms with Gasteiger partial charge in [0.25, 0.3) is 5.91 Å². The molecule has 1 aromatic carbocycles. The van der Waals surface area contributed by atoms with Gasteiger partial charge in [-0.05, 0) is 30.7 Å². The van der Waals surface area contributed by atoms with E-state index in [1.807, 2.05) is 0 Å². The van der Waals surface area contributed by atoms with Crippen LogP contribution in [-0.2, 0) is 6.54 Å². The van der Waals surface area contributed by atoms with E-state index in [2.05, 4.69) is 20.4 Å². The van der Waals surface area contributed by atoms with Crippen LogP contribution in [-0.4, -0.2) is 27.3 Å². The highest BCUT2D eigenvalue weighted by Crippen LogP contribution is 2.04. The monoisotopic (exact) mass is 288 g/mol. The van der Waals surface area contributed by atoms with E-state index in [0.717, 1.165) is 11.8 Å². The summed E-state index contributed by atoms with van der Waals surface area (Å²) in [6.45, 7) is 1.89. The average Bonchev–Trinajstić information content (AvgIpc) is 2.46. The summed E-state index contributed by atoms with van der Waals surface area (Å²) in [5.41, 5.74) is 1.27. The number of hydrogen-bond acceptors (Lipinski definition) is 5. The summed E-state index contributed by atoms with van der Waals surface area (Å²) in [7, 11) is 0. The molecule has 0 aliphatic heterocycles. The van der Waals surface area contributed by atoms with Crippen LogP contribution in [0, 0.1) is 12.7 Å². The second-order valence-corrected chi connectivity index (χ2v) is 4.28. The van der Waals surface area contributed by atoms with E-state index in [0.29, 0.717) is 11.5 Å². The number of aryl methyl sites for hydroxylation is 1. The van der Waals surface area contributed by atoms with E-state index in [4.69, 9.17) is 5.21 Å². The predicted molar refractivity (Wildman–Crippen MR) is 73.7 cm³/mol. The van der Waals surface area contributed by atoms with Crippen molar-refractivity contribution in [3.63, 3.8) is 0 Å². The molecule has 6 nitrogen and oxygen atoms in total. The minimum Gasteiger partial charge on any atom is -0.411 e. The SMILES string of the molecule is Cc1nc(/C=N\O)cc(C(=O)NCc2ccc(F)cc2)n1. The van der Waals surface area contributed by atoms with Crippen LogP contribution in [0.3, 0.4) is 0 Å². The number of carbonyl (C=O) groups is 1. The molecule has 0 spiro atoms. The topological polar surface area (TPSA) is 87.5 Å². The van der Waals surface area contributed by atoms with Crippen LogP contribution in [0.4, 0.5) is 4.39 Å². The Kier molecular flexibility index (Phi) is 4.55. The van der Waals surface area contributed by atoms with E-state index < -0.39 is 5.91 Å². The van der Waals surface area contributed by atoms with Gasteiger partial charge in [-0.3, -0.25) is 4.79 Å². The zero-order valence-electron chi connectivity index (χ0n) is 11.2. The molecule has 2 N–H and O–H groups in total. The molecule has 0 unspecified atom stereocenters. The van der Waals surface area contributed by atoms with Gasteiger partial charge in [0.15, 0.2) is 0 Å². The summed E-state index contributed by atoms with van der Waals surface area (Å²) in [6.07, 6.45) is 1.12. The molecule has 0 fully saturated rings. The number of carbonyl (C=O) groups excluding carboxylic acids is 1. The van der Waals surface area contributed by atoms with E-state index in [-0.39, 0.29) is 18.1 Å². The number of rotatable bonds is 4. The fourth-order valence-electron chi connectivity index (χ4n) is 1.71. The fourth-order valence-corrected chi connectivity index (χ4v) is 1.71. The third-order valence-electron chi connectivity index (χ3n) is 2.65. The van der Waals surface area contributed by atoms with Gasteiger partial charge in [-0.1, -0.05) is 17.3 Å². The van der Waals surface area contributed by atoms with Crippen molar-refractivity contribution in [3.8, 4) is 0 Å². The first kappa shape index (κ1) is 14.6. The maximum atomic E-state index is 12.8. The Balaban J connectivity index is 2.07. The molecule has 2 rings (SSSR count). The second-order valence-electron chi connectivity index (χ2n) is 4.28. The number of nitrogens with one attached hydrogen (secondary N) is 1. The third kappa shape index (κ3) is 4.07. The molecule has 0 saturated carbocycles. The molecule has 0 atom stereocenters. The lowest BCUT2D eigenvalue weighted by molar-refractivity contribution is 0.0945. The van der Waals surface area contributed by atoms with Crippen LogP contribution in [0.2, 0.25) is 0 Å². The van der Waals surface area contributed by atoms with Crippen molar-refractivity contribution in [3.05, 3.63) is 58.9 Å². The Bertz CT molecular complexity index is 671. The zero-order chi connectivity index (χ0) is 15.2. The molecule has 0 bridgehead atoms. The molecule has 108 valence electrons. The first-order valence-electron chi connectivity index (χ1n) is 6.14. The van der Waals surface area contributed by atoms with Gasteiger partial charge < -0.3 is 10.5 Å². The summed E-state index contributed by atoms with van der Waals surface area (Å²) in [4.78, 5) is 20.0. The predicted octanol–water partition coefficient (Wildman–Crippen LogP) is 1.66. The van der Waals surface area contributed by atoms with Crippen molar-refractivity contribution < 1.29 is 14.4 Å². The molecule has 1 aromatic heterocycles. The fraction of sp³-hybridized carbons (Fsp3) is 0.143. The number of aromatic nitrogens is 2. The molecule has 1 heterocycles. The van der Waals surface area contributed by atoms with Crippen molar-refractivity contribution in [1.82, 2.24) is 15.3 Å². The van der Waals surface area contributed by atoms with Gasteiger partial charge in [0, 0.05) is 6.54 Å². The summed E-state index contributed by atoms with van der Waals surface area (Å²) >= 11 is 0. The quantitative estimate of drug-likeness (QED) is 0.509. The van der Waals surface area contributed by atoms with Crippen LogP contribution < -0.4 is 5.32 Å². The van der Waals surface area contributed by atoms with E-state index >= 15 is 0 Å². The first-order chi connectivity index (χ1) is 10.1. The van der Waals surface area contributed by atoms with Crippen LogP contribution in [0.1, 0.15) is 27.6 Å². The molecular weight excluding hydrogens is 275 g/mol. The van der Waals surface area contributed by atoms with Gasteiger partial charge in [-0.15, -0.1) is 0 Å². The minimum absolute atomic E-state index is 0.166. The standard InChI is InChI=1S/C14H13FN4O2/c1-9-18-12(8-17-21)6-13(19-9)14(20)16-7-10-2-4-11(15)5-3-10/h2-6,8,21H,7H2,1H3,(H,16,20)/b17-8-. The van der Waals surface area contributed by atoms with Gasteiger partial charge >= 0.3 is 0 Å². The lowest BCUT2D eigenvalue weighted by atomic mass is 10.2. The van der Waals surface area contributed by atoms with Crippen molar-refractivity contribution >= 4 is 12.1 Å². The van der Waals surface area contributed by atoms with Crippen LogP contribution in [0.25, 0.3) is 0 Å². The van der Waals surface area contributed by atoms with E-state index in [9.17, 15) is 9.18 Å². The largest absolute Gasteiger partial charge is 0.411 e. The van der Waals surface area contributed by atoms with E-state index in [1.54, 1.807) is 19.1 Å². The van der Waals surface area contributed by atoms with Crippen LogP contribution >= 0.6 is 0 Å². The lowest BCUT2D eigenvalue weighted by Crippen LogP contribution is -2.24. The number of halogens is 1. The normalized spacial score (nSPS) is 10.8. The van der Waals surface area contributed by atoms with Gasteiger partial charge in [0.2, 0.25) is 0 Å². The minimum atomic E-state index is -0.391. The molecule has 7 heteroatoms. The molecule has 21 heavy (non-hydrogen) atoms. The molecule has 2 aromatic rings. The summed E-state index contributed by atoms with van der Waals surface area (Å²) < 4.78 is 12.8. The van der Waals surface area contributed by atoms with Gasteiger partial charge in [0.05, 0.1) is 11.9 Å². The number of hydrogen-bond donors (Lipinski definition) is 2. The van der Waals surface area contributed by atoms with Gasteiger partial charge in [-0.25, -0.2) is 14.4 Å². The summed E-state index contributed by atoms with van der Waals surface area (Å²) in [6, 6.07) is 7.24. The number of amides is 1. The Hall–Kier alpha value is -2.83. The maximum Gasteiger partial charge on any atom is 0.270 e. The Morgan fingerprint density at radius 3 is 2.76 bits per heavy atom. The molecule has 0 radical (unpaired) electrons. The molecule has 0 saturated heterocycles. The summed E-state index contributed by atoms with van der Waals surface area (Å²) in [5.74, 6) is -0.332. The average molecular weight is 288 g/mol. The first-order valence-corrected chi connectivity index (χ1v) is 6.14. The van der Waals surface area contributed by atoms with Gasteiger partial charge in [0.1, 0.15) is 17.3 Å².